The number of nitrogens with zero attached hydrogens (tertiary/aromatic N) is 1. The Kier molecular flexibility index (Phi) is 4.20. The Morgan fingerprint density at radius 1 is 1.40 bits per heavy atom. The molecular formula is C15H17NO3S. The second-order valence-electron chi connectivity index (χ2n) is 5.06. The number of thiazole rings is 1. The van der Waals surface area contributed by atoms with Crippen molar-refractivity contribution in [1.82, 2.24) is 4.98 Å². The van der Waals surface area contributed by atoms with Crippen LogP contribution in [-0.4, -0.2) is 23.2 Å². The van der Waals surface area contributed by atoms with Crippen LogP contribution >= 0.6 is 11.3 Å². The van der Waals surface area contributed by atoms with Crippen LogP contribution in [0.3, 0.4) is 0 Å². The SMILES string of the molecule is COCc1ccccc1-c1nc(C(C)(C)C(=O)O)cs1. The van der Waals surface area contributed by atoms with Gasteiger partial charge in [-0.05, 0) is 19.4 Å². The molecule has 2 rings (SSSR count). The molecule has 106 valence electrons. The van der Waals surface area contributed by atoms with Gasteiger partial charge >= 0.3 is 5.97 Å². The van der Waals surface area contributed by atoms with Gasteiger partial charge in [-0.25, -0.2) is 4.98 Å². The van der Waals surface area contributed by atoms with Gasteiger partial charge in [0.25, 0.3) is 0 Å². The Balaban J connectivity index is 2.41. The summed E-state index contributed by atoms with van der Waals surface area (Å²) >= 11 is 1.46. The molecule has 0 radical (unpaired) electrons. The highest BCUT2D eigenvalue weighted by molar-refractivity contribution is 7.13. The predicted octanol–water partition coefficient (Wildman–Crippen LogP) is 3.32. The first kappa shape index (κ1) is 14.7. The van der Waals surface area contributed by atoms with Crippen LogP contribution in [0.1, 0.15) is 25.1 Å². The molecule has 1 N–H and O–H groups in total. The van der Waals surface area contributed by atoms with Gasteiger partial charge in [-0.3, -0.25) is 4.79 Å². The van der Waals surface area contributed by atoms with Gasteiger partial charge in [-0.1, -0.05) is 24.3 Å². The Morgan fingerprint density at radius 2 is 2.10 bits per heavy atom. The molecule has 5 heteroatoms. The molecule has 1 heterocycles. The number of carboxylic acids is 1. The van der Waals surface area contributed by atoms with Crippen LogP contribution in [0.5, 0.6) is 0 Å². The lowest BCUT2D eigenvalue weighted by Crippen LogP contribution is -2.28. The number of benzene rings is 1. The number of carbonyl (C=O) groups is 1. The van der Waals surface area contributed by atoms with E-state index in [4.69, 9.17) is 4.74 Å². The Morgan fingerprint density at radius 3 is 2.75 bits per heavy atom. The van der Waals surface area contributed by atoms with Crippen molar-refractivity contribution in [2.45, 2.75) is 25.9 Å². The Hall–Kier alpha value is -1.72. The average molecular weight is 291 g/mol. The standard InChI is InChI=1S/C15H17NO3S/c1-15(2,14(17)18)12-9-20-13(16-12)11-7-5-4-6-10(11)8-19-3/h4-7,9H,8H2,1-3H3,(H,17,18). The summed E-state index contributed by atoms with van der Waals surface area (Å²) in [6, 6.07) is 7.86. The monoisotopic (exact) mass is 291 g/mol. The van der Waals surface area contributed by atoms with Gasteiger partial charge in [-0.15, -0.1) is 11.3 Å². The van der Waals surface area contributed by atoms with Gasteiger partial charge < -0.3 is 9.84 Å². The van der Waals surface area contributed by atoms with Crippen molar-refractivity contribution in [3.05, 3.63) is 40.9 Å². The molecule has 0 spiro atoms. The molecule has 1 aromatic carbocycles. The molecule has 0 bridgehead atoms. The molecular weight excluding hydrogens is 274 g/mol. The van der Waals surface area contributed by atoms with E-state index in [0.717, 1.165) is 16.1 Å². The molecule has 20 heavy (non-hydrogen) atoms. The zero-order valence-electron chi connectivity index (χ0n) is 11.7. The molecule has 0 saturated heterocycles. The van der Waals surface area contributed by atoms with Crippen molar-refractivity contribution >= 4 is 17.3 Å². The number of rotatable bonds is 5. The van der Waals surface area contributed by atoms with Crippen LogP contribution in [0.4, 0.5) is 0 Å². The van der Waals surface area contributed by atoms with E-state index < -0.39 is 11.4 Å². The quantitative estimate of drug-likeness (QED) is 0.918. The Labute approximate surface area is 122 Å². The van der Waals surface area contributed by atoms with E-state index in [9.17, 15) is 9.90 Å². The van der Waals surface area contributed by atoms with Crippen LogP contribution in [0, 0.1) is 0 Å². The maximum atomic E-state index is 11.3. The number of aliphatic carboxylic acids is 1. The van der Waals surface area contributed by atoms with Gasteiger partial charge in [0.15, 0.2) is 0 Å². The van der Waals surface area contributed by atoms with Gasteiger partial charge in [0.2, 0.25) is 0 Å². The van der Waals surface area contributed by atoms with Crippen molar-refractivity contribution in [1.29, 1.82) is 0 Å². The van der Waals surface area contributed by atoms with Crippen LogP contribution in [-0.2, 0) is 21.6 Å². The molecule has 0 aliphatic heterocycles. The zero-order valence-corrected chi connectivity index (χ0v) is 12.5. The smallest absolute Gasteiger partial charge is 0.315 e. The number of aromatic nitrogens is 1. The maximum Gasteiger partial charge on any atom is 0.315 e. The summed E-state index contributed by atoms with van der Waals surface area (Å²) in [7, 11) is 1.65. The van der Waals surface area contributed by atoms with Gasteiger partial charge in [-0.2, -0.15) is 0 Å². The van der Waals surface area contributed by atoms with E-state index in [0.29, 0.717) is 12.3 Å². The number of ether oxygens (including phenoxy) is 1. The topological polar surface area (TPSA) is 59.4 Å². The highest BCUT2D eigenvalue weighted by Gasteiger charge is 2.32. The van der Waals surface area contributed by atoms with E-state index in [1.807, 2.05) is 29.6 Å². The fraction of sp³-hybridized carbons (Fsp3) is 0.333. The lowest BCUT2D eigenvalue weighted by Gasteiger charge is -2.15. The highest BCUT2D eigenvalue weighted by Crippen LogP contribution is 2.32. The highest BCUT2D eigenvalue weighted by atomic mass is 32.1. The largest absolute Gasteiger partial charge is 0.481 e. The fourth-order valence-electron chi connectivity index (χ4n) is 1.80. The van der Waals surface area contributed by atoms with Gasteiger partial charge in [0.1, 0.15) is 10.4 Å². The zero-order chi connectivity index (χ0) is 14.8. The van der Waals surface area contributed by atoms with Gasteiger partial charge in [0, 0.05) is 18.1 Å². The minimum Gasteiger partial charge on any atom is -0.481 e. The molecule has 0 atom stereocenters. The van der Waals surface area contributed by atoms with Crippen molar-refractivity contribution in [2.75, 3.05) is 7.11 Å². The van der Waals surface area contributed by atoms with Crippen LogP contribution < -0.4 is 0 Å². The molecule has 0 fully saturated rings. The molecule has 0 amide bonds. The Bertz CT molecular complexity index is 619. The summed E-state index contributed by atoms with van der Waals surface area (Å²) in [5.41, 5.74) is 1.64. The lowest BCUT2D eigenvalue weighted by atomic mass is 9.90. The lowest BCUT2D eigenvalue weighted by molar-refractivity contribution is -0.142. The second-order valence-corrected chi connectivity index (χ2v) is 5.92. The molecule has 4 nitrogen and oxygen atoms in total. The number of hydrogen-bond donors (Lipinski definition) is 1. The van der Waals surface area contributed by atoms with Crippen LogP contribution in [0.15, 0.2) is 29.6 Å². The van der Waals surface area contributed by atoms with Crippen molar-refractivity contribution in [3.63, 3.8) is 0 Å². The maximum absolute atomic E-state index is 11.3. The summed E-state index contributed by atoms with van der Waals surface area (Å²) in [6.45, 7) is 3.83. The van der Waals surface area contributed by atoms with Crippen LogP contribution in [0.25, 0.3) is 10.6 Å². The number of hydrogen-bond acceptors (Lipinski definition) is 4. The van der Waals surface area contributed by atoms with Crippen molar-refractivity contribution in [2.24, 2.45) is 0 Å². The molecule has 0 aliphatic carbocycles. The second kappa shape index (κ2) is 5.73. The molecule has 0 unspecified atom stereocenters. The van der Waals surface area contributed by atoms with E-state index >= 15 is 0 Å². The number of carboxylic acid groups (broad SMARTS) is 1. The minimum atomic E-state index is -0.981. The normalized spacial score (nSPS) is 11.6. The summed E-state index contributed by atoms with van der Waals surface area (Å²) in [6.07, 6.45) is 0. The average Bonchev–Trinajstić information content (AvgIpc) is 2.89. The van der Waals surface area contributed by atoms with Crippen LogP contribution in [0.2, 0.25) is 0 Å². The summed E-state index contributed by atoms with van der Waals surface area (Å²) in [5, 5.41) is 11.9. The third-order valence-electron chi connectivity index (χ3n) is 3.23. The summed E-state index contributed by atoms with van der Waals surface area (Å²) in [5.74, 6) is -0.875. The fourth-order valence-corrected chi connectivity index (χ4v) is 2.85. The molecule has 0 saturated carbocycles. The first-order valence-corrected chi connectivity index (χ1v) is 7.11. The number of methoxy groups -OCH3 is 1. The van der Waals surface area contributed by atoms with Gasteiger partial charge in [0.05, 0.1) is 12.3 Å². The molecule has 2 aromatic rings. The third kappa shape index (κ3) is 2.73. The van der Waals surface area contributed by atoms with E-state index in [1.54, 1.807) is 21.0 Å². The molecule has 0 aliphatic rings. The summed E-state index contributed by atoms with van der Waals surface area (Å²) in [4.78, 5) is 15.8. The molecule has 1 aromatic heterocycles. The van der Waals surface area contributed by atoms with E-state index in [1.165, 1.54) is 11.3 Å². The minimum absolute atomic E-state index is 0.507. The third-order valence-corrected chi connectivity index (χ3v) is 4.10. The first-order chi connectivity index (χ1) is 9.46. The van der Waals surface area contributed by atoms with E-state index in [2.05, 4.69) is 4.98 Å². The van der Waals surface area contributed by atoms with Crippen molar-refractivity contribution < 1.29 is 14.6 Å². The predicted molar refractivity (Wildman–Crippen MR) is 78.9 cm³/mol. The first-order valence-electron chi connectivity index (χ1n) is 6.23. The summed E-state index contributed by atoms with van der Waals surface area (Å²) < 4.78 is 5.19. The van der Waals surface area contributed by atoms with E-state index in [-0.39, 0.29) is 0 Å². The van der Waals surface area contributed by atoms with Crippen molar-refractivity contribution in [3.8, 4) is 10.6 Å².